The van der Waals surface area contributed by atoms with E-state index in [0.29, 0.717) is 6.61 Å². The Kier molecular flexibility index (Phi) is 9.58. The molecule has 208 valence electrons. The molecule has 5 nitrogen and oxygen atoms in total. The van der Waals surface area contributed by atoms with E-state index in [-0.39, 0.29) is 47.3 Å². The molecule has 1 aliphatic heterocycles. The maximum absolute atomic E-state index is 13.5. The van der Waals surface area contributed by atoms with Gasteiger partial charge in [0.25, 0.3) is 0 Å². The third kappa shape index (κ3) is 7.26. The number of hydrogen-bond acceptors (Lipinski definition) is 5. The van der Waals surface area contributed by atoms with Crippen molar-refractivity contribution >= 4 is 14.3 Å². The quantitative estimate of drug-likeness (QED) is 0.229. The standard InChI is InChI=1S/C31H50O5Si/c1-30(2,3)37(4,5)34-23-31(19-13-20-31)27(36-29-18-11-12-21-33-29)22-28(32)35-26-17-10-9-16-25(26)24-14-7-6-8-15-24/h6-8,14-15,25-27,29H,9-13,16-23H2,1-5H3. The molecule has 4 atom stereocenters. The van der Waals surface area contributed by atoms with Crippen LogP contribution in [0.4, 0.5) is 0 Å². The van der Waals surface area contributed by atoms with E-state index < -0.39 is 8.32 Å². The van der Waals surface area contributed by atoms with Crippen LogP contribution in [0.15, 0.2) is 30.3 Å². The smallest absolute Gasteiger partial charge is 0.308 e. The molecule has 2 saturated carbocycles. The van der Waals surface area contributed by atoms with Gasteiger partial charge < -0.3 is 18.6 Å². The Hall–Kier alpha value is -1.21. The van der Waals surface area contributed by atoms with E-state index in [1.54, 1.807) is 0 Å². The van der Waals surface area contributed by atoms with Crippen LogP contribution in [0.2, 0.25) is 18.1 Å². The lowest BCUT2D eigenvalue weighted by molar-refractivity contribution is -0.231. The average molecular weight is 531 g/mol. The lowest BCUT2D eigenvalue weighted by Gasteiger charge is -2.50. The minimum absolute atomic E-state index is 0.0592. The first-order valence-corrected chi connectivity index (χ1v) is 17.7. The van der Waals surface area contributed by atoms with Crippen LogP contribution in [0.1, 0.15) is 103 Å². The van der Waals surface area contributed by atoms with Gasteiger partial charge in [-0.3, -0.25) is 4.79 Å². The molecular formula is C31H50O5Si. The SMILES string of the molecule is CC(C)(C)[Si](C)(C)OCC1(C(CC(=O)OC2CCCCC2c2ccccc2)OC2CCCCO2)CCC1. The summed E-state index contributed by atoms with van der Waals surface area (Å²) < 4.78 is 25.6. The summed E-state index contributed by atoms with van der Waals surface area (Å²) in [5, 5.41) is 0.146. The highest BCUT2D eigenvalue weighted by Gasteiger charge is 2.49. The number of ether oxygens (including phenoxy) is 3. The molecule has 4 rings (SSSR count). The number of carbonyl (C=O) groups is 1. The van der Waals surface area contributed by atoms with Gasteiger partial charge in [0.2, 0.25) is 0 Å². The Morgan fingerprint density at radius 3 is 2.35 bits per heavy atom. The zero-order chi connectivity index (χ0) is 26.5. The maximum atomic E-state index is 13.5. The molecule has 3 aliphatic rings. The van der Waals surface area contributed by atoms with Gasteiger partial charge in [0.1, 0.15) is 6.10 Å². The molecule has 0 amide bonds. The first-order chi connectivity index (χ1) is 17.6. The van der Waals surface area contributed by atoms with Gasteiger partial charge in [-0.25, -0.2) is 0 Å². The highest BCUT2D eigenvalue weighted by molar-refractivity contribution is 6.74. The molecule has 0 spiro atoms. The molecule has 1 aromatic carbocycles. The lowest BCUT2D eigenvalue weighted by Crippen LogP contribution is -2.53. The fourth-order valence-electron chi connectivity index (χ4n) is 5.83. The van der Waals surface area contributed by atoms with Gasteiger partial charge in [-0.2, -0.15) is 0 Å². The molecule has 2 aliphatic carbocycles. The molecule has 0 bridgehead atoms. The summed E-state index contributed by atoms with van der Waals surface area (Å²) in [6.45, 7) is 12.8. The second-order valence-electron chi connectivity index (χ2n) is 13.2. The minimum Gasteiger partial charge on any atom is -0.462 e. The minimum atomic E-state index is -1.92. The summed E-state index contributed by atoms with van der Waals surface area (Å²) in [6, 6.07) is 10.6. The van der Waals surface area contributed by atoms with E-state index in [9.17, 15) is 4.79 Å². The average Bonchev–Trinajstić information content (AvgIpc) is 2.84. The predicted octanol–water partition coefficient (Wildman–Crippen LogP) is 7.75. The normalized spacial score (nSPS) is 27.2. The molecule has 0 radical (unpaired) electrons. The number of carbonyl (C=O) groups excluding carboxylic acids is 1. The zero-order valence-corrected chi connectivity index (χ0v) is 24.9. The van der Waals surface area contributed by atoms with Crippen molar-refractivity contribution in [3.8, 4) is 0 Å². The fourth-order valence-corrected chi connectivity index (χ4v) is 6.91. The van der Waals surface area contributed by atoms with E-state index in [2.05, 4.69) is 58.1 Å². The Bertz CT molecular complexity index is 854. The first kappa shape index (κ1) is 28.8. The topological polar surface area (TPSA) is 54.0 Å². The fraction of sp³-hybridized carbons (Fsp3) is 0.774. The monoisotopic (exact) mass is 530 g/mol. The molecule has 0 N–H and O–H groups in total. The molecule has 37 heavy (non-hydrogen) atoms. The van der Waals surface area contributed by atoms with Crippen LogP contribution in [-0.4, -0.2) is 46.0 Å². The first-order valence-electron chi connectivity index (χ1n) is 14.8. The van der Waals surface area contributed by atoms with E-state index in [1.807, 2.05) is 6.07 Å². The zero-order valence-electron chi connectivity index (χ0n) is 23.9. The van der Waals surface area contributed by atoms with Crippen LogP contribution >= 0.6 is 0 Å². The van der Waals surface area contributed by atoms with Crippen molar-refractivity contribution in [1.82, 2.24) is 0 Å². The Morgan fingerprint density at radius 1 is 1.03 bits per heavy atom. The molecular weight excluding hydrogens is 480 g/mol. The van der Waals surface area contributed by atoms with E-state index in [0.717, 1.165) is 64.4 Å². The Balaban J connectivity index is 1.46. The van der Waals surface area contributed by atoms with Crippen molar-refractivity contribution in [3.63, 3.8) is 0 Å². The summed E-state index contributed by atoms with van der Waals surface area (Å²) in [5.74, 6) is 0.145. The van der Waals surface area contributed by atoms with Gasteiger partial charge in [0, 0.05) is 24.5 Å². The van der Waals surface area contributed by atoms with Crippen molar-refractivity contribution in [2.45, 2.75) is 134 Å². The van der Waals surface area contributed by atoms with Gasteiger partial charge in [0.05, 0.1) is 12.5 Å². The molecule has 1 aromatic rings. The van der Waals surface area contributed by atoms with Crippen LogP contribution in [0.3, 0.4) is 0 Å². The number of benzene rings is 1. The van der Waals surface area contributed by atoms with Crippen LogP contribution < -0.4 is 0 Å². The van der Waals surface area contributed by atoms with Crippen LogP contribution in [0.5, 0.6) is 0 Å². The number of esters is 1. The molecule has 4 unspecified atom stereocenters. The van der Waals surface area contributed by atoms with Crippen LogP contribution in [0, 0.1) is 5.41 Å². The third-order valence-corrected chi connectivity index (χ3v) is 14.1. The lowest BCUT2D eigenvalue weighted by atomic mass is 9.65. The second-order valence-corrected chi connectivity index (χ2v) is 18.0. The summed E-state index contributed by atoms with van der Waals surface area (Å²) in [7, 11) is -1.92. The van der Waals surface area contributed by atoms with Crippen molar-refractivity contribution in [2.75, 3.05) is 13.2 Å². The van der Waals surface area contributed by atoms with Gasteiger partial charge in [-0.05, 0) is 75.1 Å². The number of hydrogen-bond donors (Lipinski definition) is 0. The highest BCUT2D eigenvalue weighted by Crippen LogP contribution is 2.49. The third-order valence-electron chi connectivity index (χ3n) is 9.58. The van der Waals surface area contributed by atoms with Gasteiger partial charge in [0.15, 0.2) is 14.6 Å². The largest absolute Gasteiger partial charge is 0.462 e. The predicted molar refractivity (Wildman–Crippen MR) is 150 cm³/mol. The van der Waals surface area contributed by atoms with E-state index in [1.165, 1.54) is 12.0 Å². The van der Waals surface area contributed by atoms with Gasteiger partial charge in [-0.15, -0.1) is 0 Å². The molecule has 1 heterocycles. The van der Waals surface area contributed by atoms with Crippen molar-refractivity contribution in [2.24, 2.45) is 5.41 Å². The van der Waals surface area contributed by atoms with Crippen molar-refractivity contribution < 1.29 is 23.4 Å². The second kappa shape index (κ2) is 12.3. The van der Waals surface area contributed by atoms with Crippen molar-refractivity contribution in [3.05, 3.63) is 35.9 Å². The summed E-state index contributed by atoms with van der Waals surface area (Å²) in [4.78, 5) is 13.5. The highest BCUT2D eigenvalue weighted by atomic mass is 28.4. The summed E-state index contributed by atoms with van der Waals surface area (Å²) >= 11 is 0. The number of rotatable bonds is 10. The van der Waals surface area contributed by atoms with Crippen LogP contribution in [-0.2, 0) is 23.4 Å². The van der Waals surface area contributed by atoms with Crippen molar-refractivity contribution in [1.29, 1.82) is 0 Å². The van der Waals surface area contributed by atoms with E-state index in [4.69, 9.17) is 18.6 Å². The molecule has 1 saturated heterocycles. The summed E-state index contributed by atoms with van der Waals surface area (Å²) in [6.07, 6.45) is 10.3. The van der Waals surface area contributed by atoms with Gasteiger partial charge >= 0.3 is 5.97 Å². The Labute approximate surface area is 226 Å². The van der Waals surface area contributed by atoms with Crippen LogP contribution in [0.25, 0.3) is 0 Å². The molecule has 0 aromatic heterocycles. The van der Waals surface area contributed by atoms with E-state index >= 15 is 0 Å². The maximum Gasteiger partial charge on any atom is 0.308 e. The van der Waals surface area contributed by atoms with Gasteiger partial charge in [-0.1, -0.05) is 63.9 Å². The molecule has 6 heteroatoms. The molecule has 3 fully saturated rings. The summed E-state index contributed by atoms with van der Waals surface area (Å²) in [5.41, 5.74) is 1.14. The Morgan fingerprint density at radius 2 is 1.73 bits per heavy atom.